The summed E-state index contributed by atoms with van der Waals surface area (Å²) in [4.78, 5) is 0. The summed E-state index contributed by atoms with van der Waals surface area (Å²) >= 11 is 0. The van der Waals surface area contributed by atoms with Crippen molar-refractivity contribution in [1.82, 2.24) is 0 Å². The van der Waals surface area contributed by atoms with E-state index in [1.807, 2.05) is 37.3 Å². The molecule has 1 aromatic carbocycles. The molecule has 1 aromatic rings. The van der Waals surface area contributed by atoms with Crippen LogP contribution in [-0.4, -0.2) is 11.1 Å². The minimum absolute atomic E-state index is 0.131. The van der Waals surface area contributed by atoms with E-state index >= 15 is 0 Å². The molecule has 0 heterocycles. The second-order valence-corrected chi connectivity index (χ2v) is 3.31. The molecule has 0 aliphatic rings. The van der Waals surface area contributed by atoms with E-state index in [9.17, 15) is 5.11 Å². The van der Waals surface area contributed by atoms with Gasteiger partial charge in [-0.05, 0) is 26.0 Å². The van der Waals surface area contributed by atoms with Gasteiger partial charge in [0.25, 0.3) is 0 Å². The van der Waals surface area contributed by atoms with E-state index in [2.05, 4.69) is 5.32 Å². The lowest BCUT2D eigenvalue weighted by Crippen LogP contribution is -2.19. The quantitative estimate of drug-likeness (QED) is 0.644. The molecule has 0 aliphatic heterocycles. The number of rotatable bonds is 3. The monoisotopic (exact) mass is 192 g/mol. The highest BCUT2D eigenvalue weighted by atomic mass is 16.3. The molecule has 1 atom stereocenters. The zero-order valence-electron chi connectivity index (χ0n) is 8.49. The van der Waals surface area contributed by atoms with E-state index in [0.717, 1.165) is 11.3 Å². The van der Waals surface area contributed by atoms with Gasteiger partial charge in [0.1, 0.15) is 0 Å². The van der Waals surface area contributed by atoms with Gasteiger partial charge in [0.05, 0.1) is 0 Å². The highest BCUT2D eigenvalue weighted by molar-refractivity contribution is 5.47. The van der Waals surface area contributed by atoms with Gasteiger partial charge >= 0.3 is 0 Å². The Morgan fingerprint density at radius 3 is 2.43 bits per heavy atom. The molecule has 0 bridgehead atoms. The average molecular weight is 192 g/mol. The minimum atomic E-state index is -0.147. The Hall–Kier alpha value is -1.48. The van der Waals surface area contributed by atoms with Crippen LogP contribution in [-0.2, 0) is 0 Å². The molecule has 0 saturated heterocycles. The molecule has 0 radical (unpaired) electrons. The van der Waals surface area contributed by atoms with E-state index in [1.165, 1.54) is 0 Å². The van der Waals surface area contributed by atoms with Crippen molar-refractivity contribution >= 4 is 5.69 Å². The third kappa shape index (κ3) is 2.78. The van der Waals surface area contributed by atoms with Crippen molar-refractivity contribution < 1.29 is 5.11 Å². The summed E-state index contributed by atoms with van der Waals surface area (Å²) in [5, 5.41) is 12.5. The van der Waals surface area contributed by atoms with E-state index in [-0.39, 0.29) is 11.9 Å². The second kappa shape index (κ2) is 4.67. The number of para-hydroxylation sites is 1. The van der Waals surface area contributed by atoms with Gasteiger partial charge in [0.15, 0.2) is 5.88 Å². The highest BCUT2D eigenvalue weighted by Gasteiger charge is 2.04. The van der Waals surface area contributed by atoms with Crippen LogP contribution in [0.3, 0.4) is 0 Å². The van der Waals surface area contributed by atoms with Gasteiger partial charge in [0.2, 0.25) is 0 Å². The molecule has 0 aromatic heterocycles. The van der Waals surface area contributed by atoms with Gasteiger partial charge < -0.3 is 16.2 Å². The maximum Gasteiger partial charge on any atom is 0.189 e. The number of nitrogens with one attached hydrogen (secondary N) is 1. The van der Waals surface area contributed by atoms with Crippen molar-refractivity contribution in [1.29, 1.82) is 0 Å². The molecule has 1 unspecified atom stereocenters. The summed E-state index contributed by atoms with van der Waals surface area (Å²) in [5.41, 5.74) is 7.23. The van der Waals surface area contributed by atoms with Crippen LogP contribution in [0, 0.1) is 0 Å². The summed E-state index contributed by atoms with van der Waals surface area (Å²) in [7, 11) is 0. The summed E-state index contributed by atoms with van der Waals surface area (Å²) in [6.07, 6.45) is 0. The summed E-state index contributed by atoms with van der Waals surface area (Å²) in [5.74, 6) is 0.131. The molecular formula is C11H16N2O. The molecule has 3 heteroatoms. The van der Waals surface area contributed by atoms with Crippen LogP contribution >= 0.6 is 0 Å². The largest absolute Gasteiger partial charge is 0.495 e. The van der Waals surface area contributed by atoms with Gasteiger partial charge in [-0.3, -0.25) is 0 Å². The number of hydrogen-bond donors (Lipinski definition) is 3. The molecule has 0 amide bonds. The third-order valence-electron chi connectivity index (χ3n) is 2.09. The second-order valence-electron chi connectivity index (χ2n) is 3.31. The van der Waals surface area contributed by atoms with Crippen molar-refractivity contribution in [3.63, 3.8) is 0 Å². The van der Waals surface area contributed by atoms with Crippen molar-refractivity contribution in [3.05, 3.63) is 41.8 Å². The molecule has 4 N–H and O–H groups in total. The normalized spacial score (nSPS) is 14.5. The van der Waals surface area contributed by atoms with Crippen LogP contribution in [0.1, 0.15) is 13.8 Å². The van der Waals surface area contributed by atoms with Gasteiger partial charge in [0, 0.05) is 17.3 Å². The lowest BCUT2D eigenvalue weighted by Gasteiger charge is -2.11. The Morgan fingerprint density at radius 1 is 1.36 bits per heavy atom. The average Bonchev–Trinajstić information content (AvgIpc) is 2.18. The smallest absolute Gasteiger partial charge is 0.189 e. The van der Waals surface area contributed by atoms with Crippen molar-refractivity contribution in [3.8, 4) is 0 Å². The predicted octanol–water partition coefficient (Wildman–Crippen LogP) is 2.24. The molecule has 1 rings (SSSR count). The van der Waals surface area contributed by atoms with Crippen LogP contribution in [0.4, 0.5) is 5.69 Å². The summed E-state index contributed by atoms with van der Waals surface area (Å²) in [6.45, 7) is 3.63. The van der Waals surface area contributed by atoms with E-state index < -0.39 is 0 Å². The summed E-state index contributed by atoms with van der Waals surface area (Å²) < 4.78 is 0. The number of aliphatic hydroxyl groups is 1. The van der Waals surface area contributed by atoms with Crippen molar-refractivity contribution in [2.24, 2.45) is 5.73 Å². The first kappa shape index (κ1) is 10.6. The molecule has 14 heavy (non-hydrogen) atoms. The van der Waals surface area contributed by atoms with Crippen molar-refractivity contribution in [2.45, 2.75) is 19.9 Å². The zero-order valence-corrected chi connectivity index (χ0v) is 8.49. The third-order valence-corrected chi connectivity index (χ3v) is 2.09. The fourth-order valence-corrected chi connectivity index (χ4v) is 0.972. The molecule has 0 aliphatic carbocycles. The Kier molecular flexibility index (Phi) is 3.54. The SMILES string of the molecule is C/C(=C(\O)Nc1ccccc1)C(C)N. The predicted molar refractivity (Wildman–Crippen MR) is 59.0 cm³/mol. The number of aliphatic hydroxyl groups excluding tert-OH is 1. The Morgan fingerprint density at radius 2 is 1.93 bits per heavy atom. The van der Waals surface area contributed by atoms with Crippen LogP contribution in [0.15, 0.2) is 41.8 Å². The van der Waals surface area contributed by atoms with Gasteiger partial charge in [-0.15, -0.1) is 0 Å². The Labute approximate surface area is 84.3 Å². The number of anilines is 1. The number of hydrogen-bond acceptors (Lipinski definition) is 3. The lowest BCUT2D eigenvalue weighted by atomic mass is 10.2. The van der Waals surface area contributed by atoms with Gasteiger partial charge in [-0.2, -0.15) is 0 Å². The summed E-state index contributed by atoms with van der Waals surface area (Å²) in [6, 6.07) is 9.33. The van der Waals surface area contributed by atoms with E-state index in [4.69, 9.17) is 5.73 Å². The molecule has 76 valence electrons. The van der Waals surface area contributed by atoms with E-state index in [0.29, 0.717) is 0 Å². The lowest BCUT2D eigenvalue weighted by molar-refractivity contribution is 0.407. The Balaban J connectivity index is 2.75. The van der Waals surface area contributed by atoms with Gasteiger partial charge in [-0.1, -0.05) is 18.2 Å². The molecule has 0 spiro atoms. The first-order chi connectivity index (χ1) is 6.61. The fourth-order valence-electron chi connectivity index (χ4n) is 0.972. The maximum absolute atomic E-state index is 9.63. The first-order valence-corrected chi connectivity index (χ1v) is 4.58. The maximum atomic E-state index is 9.63. The zero-order chi connectivity index (χ0) is 10.6. The highest BCUT2D eigenvalue weighted by Crippen LogP contribution is 2.11. The number of benzene rings is 1. The van der Waals surface area contributed by atoms with Crippen molar-refractivity contribution in [2.75, 3.05) is 5.32 Å². The van der Waals surface area contributed by atoms with Gasteiger partial charge in [-0.25, -0.2) is 0 Å². The topological polar surface area (TPSA) is 58.3 Å². The van der Waals surface area contributed by atoms with Crippen LogP contribution < -0.4 is 11.1 Å². The Bertz CT molecular complexity index is 317. The number of nitrogens with two attached hydrogens (primary N) is 1. The molecule has 0 fully saturated rings. The van der Waals surface area contributed by atoms with Crippen LogP contribution in [0.5, 0.6) is 0 Å². The fraction of sp³-hybridized carbons (Fsp3) is 0.273. The minimum Gasteiger partial charge on any atom is -0.495 e. The molecule has 3 nitrogen and oxygen atoms in total. The van der Waals surface area contributed by atoms with Crippen LogP contribution in [0.25, 0.3) is 0 Å². The standard InChI is InChI=1S/C11H16N2O/c1-8(9(2)12)11(14)13-10-6-4-3-5-7-10/h3-7,9,13-14H,12H2,1-2H3/b11-8+. The van der Waals surface area contributed by atoms with E-state index in [1.54, 1.807) is 6.92 Å². The molecule has 0 saturated carbocycles. The first-order valence-electron chi connectivity index (χ1n) is 4.58. The van der Waals surface area contributed by atoms with Crippen LogP contribution in [0.2, 0.25) is 0 Å². The molecular weight excluding hydrogens is 176 g/mol.